The second kappa shape index (κ2) is 5.99. The van der Waals surface area contributed by atoms with E-state index in [1.807, 2.05) is 6.07 Å². The first kappa shape index (κ1) is 13.1. The number of benzene rings is 1. The van der Waals surface area contributed by atoms with Gasteiger partial charge in [-0.3, -0.25) is 4.98 Å². The Balaban J connectivity index is 2.04. The summed E-state index contributed by atoms with van der Waals surface area (Å²) in [6.07, 6.45) is 3.11. The van der Waals surface area contributed by atoms with Gasteiger partial charge in [0.05, 0.1) is 23.1 Å². The van der Waals surface area contributed by atoms with E-state index in [9.17, 15) is 0 Å². The monoisotopic (exact) mass is 328 g/mol. The summed E-state index contributed by atoms with van der Waals surface area (Å²) in [6.45, 7) is 0.286. The number of hydrogen-bond donors (Lipinski definition) is 2. The van der Waals surface area contributed by atoms with Crippen molar-refractivity contribution in [3.05, 3.63) is 45.8 Å². The highest BCUT2D eigenvalue weighted by Gasteiger charge is 2.04. The van der Waals surface area contributed by atoms with Crippen molar-refractivity contribution >= 4 is 33.3 Å². The van der Waals surface area contributed by atoms with Gasteiger partial charge in [0.25, 0.3) is 0 Å². The summed E-state index contributed by atoms with van der Waals surface area (Å²) in [4.78, 5) is 8.16. The van der Waals surface area contributed by atoms with Crippen LogP contribution in [-0.2, 0) is 6.61 Å². The maximum Gasteiger partial charge on any atom is 0.158 e. The van der Waals surface area contributed by atoms with Crippen molar-refractivity contribution in [2.24, 2.45) is 5.84 Å². The molecule has 0 fully saturated rings. The van der Waals surface area contributed by atoms with Crippen LogP contribution in [0.15, 0.2) is 35.1 Å². The lowest BCUT2D eigenvalue weighted by Gasteiger charge is -2.08. The zero-order chi connectivity index (χ0) is 13.0. The maximum absolute atomic E-state index is 6.00. The van der Waals surface area contributed by atoms with Gasteiger partial charge >= 0.3 is 0 Å². The first-order chi connectivity index (χ1) is 8.69. The molecule has 5 nitrogen and oxygen atoms in total. The molecule has 0 aliphatic heterocycles. The Hall–Kier alpha value is -1.37. The maximum atomic E-state index is 6.00. The summed E-state index contributed by atoms with van der Waals surface area (Å²) in [5.41, 5.74) is 3.09. The number of hydrazine groups is 1. The average molecular weight is 330 g/mol. The third-order valence-corrected chi connectivity index (χ3v) is 2.93. The van der Waals surface area contributed by atoms with Crippen LogP contribution in [0, 0.1) is 0 Å². The third kappa shape index (κ3) is 3.32. The molecular formula is C11H10BrClN4O. The zero-order valence-electron chi connectivity index (χ0n) is 9.23. The van der Waals surface area contributed by atoms with E-state index in [4.69, 9.17) is 22.2 Å². The summed E-state index contributed by atoms with van der Waals surface area (Å²) >= 11 is 9.35. The fourth-order valence-electron chi connectivity index (χ4n) is 1.24. The molecule has 0 aliphatic carbocycles. The summed E-state index contributed by atoms with van der Waals surface area (Å²) < 4.78 is 6.46. The lowest BCUT2D eigenvalue weighted by molar-refractivity contribution is 0.301. The van der Waals surface area contributed by atoms with Crippen LogP contribution in [0.2, 0.25) is 5.02 Å². The molecule has 0 amide bonds. The van der Waals surface area contributed by atoms with Crippen LogP contribution in [-0.4, -0.2) is 9.97 Å². The number of aromatic nitrogens is 2. The van der Waals surface area contributed by atoms with Crippen molar-refractivity contribution < 1.29 is 4.74 Å². The standard InChI is InChI=1S/C11H10BrClN4O/c12-7-1-2-9(13)10(3-7)18-6-8-4-16-11(17-14)5-15-8/h1-5H,6,14H2,(H,16,17). The minimum absolute atomic E-state index is 0.286. The number of nitrogens with two attached hydrogens (primary N) is 1. The van der Waals surface area contributed by atoms with E-state index in [0.29, 0.717) is 22.3 Å². The third-order valence-electron chi connectivity index (χ3n) is 2.12. The van der Waals surface area contributed by atoms with Gasteiger partial charge in [-0.15, -0.1) is 0 Å². The molecule has 1 aromatic heterocycles. The van der Waals surface area contributed by atoms with E-state index in [1.54, 1.807) is 18.3 Å². The normalized spacial score (nSPS) is 10.2. The molecule has 3 N–H and O–H groups in total. The van der Waals surface area contributed by atoms with Gasteiger partial charge in [0.2, 0.25) is 0 Å². The first-order valence-electron chi connectivity index (χ1n) is 5.04. The van der Waals surface area contributed by atoms with Crippen molar-refractivity contribution in [3.8, 4) is 5.75 Å². The van der Waals surface area contributed by atoms with Crippen LogP contribution in [0.25, 0.3) is 0 Å². The molecule has 0 saturated heterocycles. The van der Waals surface area contributed by atoms with Gasteiger partial charge in [0.15, 0.2) is 5.82 Å². The van der Waals surface area contributed by atoms with E-state index >= 15 is 0 Å². The Labute approximate surface area is 117 Å². The van der Waals surface area contributed by atoms with Gasteiger partial charge < -0.3 is 10.2 Å². The minimum atomic E-state index is 0.286. The van der Waals surface area contributed by atoms with Gasteiger partial charge in [-0.2, -0.15) is 0 Å². The van der Waals surface area contributed by atoms with Gasteiger partial charge in [-0.05, 0) is 18.2 Å². The lowest BCUT2D eigenvalue weighted by atomic mass is 10.3. The van der Waals surface area contributed by atoms with Crippen LogP contribution in [0.4, 0.5) is 5.82 Å². The van der Waals surface area contributed by atoms with E-state index in [2.05, 4.69) is 31.3 Å². The van der Waals surface area contributed by atoms with Gasteiger partial charge in [-0.25, -0.2) is 10.8 Å². The van der Waals surface area contributed by atoms with Crippen LogP contribution >= 0.6 is 27.5 Å². The summed E-state index contributed by atoms with van der Waals surface area (Å²) in [5, 5.41) is 0.548. The number of nitrogens with one attached hydrogen (secondary N) is 1. The molecule has 0 atom stereocenters. The van der Waals surface area contributed by atoms with Crippen molar-refractivity contribution in [1.82, 2.24) is 9.97 Å². The predicted octanol–water partition coefficient (Wildman–Crippen LogP) is 2.76. The Bertz CT molecular complexity index is 535. The molecule has 0 saturated carbocycles. The number of nitrogen functional groups attached to an aromatic ring is 1. The molecule has 2 aromatic rings. The molecule has 18 heavy (non-hydrogen) atoms. The van der Waals surface area contributed by atoms with Crippen LogP contribution < -0.4 is 16.0 Å². The van der Waals surface area contributed by atoms with E-state index < -0.39 is 0 Å². The molecule has 0 radical (unpaired) electrons. The highest BCUT2D eigenvalue weighted by atomic mass is 79.9. The molecule has 94 valence electrons. The smallest absolute Gasteiger partial charge is 0.158 e. The highest BCUT2D eigenvalue weighted by molar-refractivity contribution is 9.10. The summed E-state index contributed by atoms with van der Waals surface area (Å²) in [5.74, 6) is 6.29. The van der Waals surface area contributed by atoms with Gasteiger partial charge in [0, 0.05) is 4.47 Å². The molecular weight excluding hydrogens is 320 g/mol. The molecule has 7 heteroatoms. The molecule has 1 heterocycles. The molecule has 0 spiro atoms. The second-order valence-electron chi connectivity index (χ2n) is 3.40. The number of halogens is 2. The topological polar surface area (TPSA) is 73.1 Å². The van der Waals surface area contributed by atoms with Gasteiger partial charge in [-0.1, -0.05) is 27.5 Å². The SMILES string of the molecule is NNc1cnc(COc2cc(Br)ccc2Cl)cn1. The van der Waals surface area contributed by atoms with Crippen LogP contribution in [0.5, 0.6) is 5.75 Å². The second-order valence-corrected chi connectivity index (χ2v) is 4.72. The van der Waals surface area contributed by atoms with E-state index in [0.717, 1.165) is 4.47 Å². The summed E-state index contributed by atoms with van der Waals surface area (Å²) in [6, 6.07) is 5.40. The van der Waals surface area contributed by atoms with Crippen molar-refractivity contribution in [2.45, 2.75) is 6.61 Å². The lowest BCUT2D eigenvalue weighted by Crippen LogP contribution is -2.09. The molecule has 0 unspecified atom stereocenters. The predicted molar refractivity (Wildman–Crippen MR) is 73.3 cm³/mol. The number of anilines is 1. The Morgan fingerprint density at radius 3 is 2.83 bits per heavy atom. The largest absolute Gasteiger partial charge is 0.486 e. The number of hydrogen-bond acceptors (Lipinski definition) is 5. The molecule has 1 aromatic carbocycles. The molecule has 0 aliphatic rings. The van der Waals surface area contributed by atoms with Gasteiger partial charge in [0.1, 0.15) is 12.4 Å². The average Bonchev–Trinajstić information content (AvgIpc) is 2.40. The van der Waals surface area contributed by atoms with Crippen molar-refractivity contribution in [2.75, 3.05) is 5.43 Å². The van der Waals surface area contributed by atoms with Crippen molar-refractivity contribution in [3.63, 3.8) is 0 Å². The van der Waals surface area contributed by atoms with Crippen LogP contribution in [0.1, 0.15) is 5.69 Å². The molecule has 0 bridgehead atoms. The van der Waals surface area contributed by atoms with E-state index in [1.165, 1.54) is 6.20 Å². The molecule has 2 rings (SSSR count). The first-order valence-corrected chi connectivity index (χ1v) is 6.21. The van der Waals surface area contributed by atoms with E-state index in [-0.39, 0.29) is 6.61 Å². The number of ether oxygens (including phenoxy) is 1. The summed E-state index contributed by atoms with van der Waals surface area (Å²) in [7, 11) is 0. The highest BCUT2D eigenvalue weighted by Crippen LogP contribution is 2.28. The van der Waals surface area contributed by atoms with Crippen molar-refractivity contribution in [1.29, 1.82) is 0 Å². The Morgan fingerprint density at radius 2 is 2.17 bits per heavy atom. The zero-order valence-corrected chi connectivity index (χ0v) is 11.6. The fourth-order valence-corrected chi connectivity index (χ4v) is 1.76. The Morgan fingerprint density at radius 1 is 1.33 bits per heavy atom. The van der Waals surface area contributed by atoms with Crippen LogP contribution in [0.3, 0.4) is 0 Å². The quantitative estimate of drug-likeness (QED) is 0.666. The Kier molecular flexibility index (Phi) is 4.35. The minimum Gasteiger partial charge on any atom is -0.486 e. The number of nitrogens with zero attached hydrogens (tertiary/aromatic N) is 2. The fraction of sp³-hybridized carbons (Fsp3) is 0.0909. The number of rotatable bonds is 4.